The molecule has 24 heavy (non-hydrogen) atoms. The van der Waals surface area contributed by atoms with Crippen LogP contribution in [-0.2, 0) is 4.74 Å². The molecule has 4 nitrogen and oxygen atoms in total. The van der Waals surface area contributed by atoms with E-state index in [0.29, 0.717) is 18.9 Å². The van der Waals surface area contributed by atoms with Gasteiger partial charge in [-0.25, -0.2) is 18.0 Å². The van der Waals surface area contributed by atoms with E-state index >= 15 is 0 Å². The minimum absolute atomic E-state index is 0. The SMILES string of the molecule is CCOC(=O)c1cn(C2CC2)c2c(F)c(F)c(F)cc2c1=O.[F-].[Na+]. The van der Waals surface area contributed by atoms with Crippen LogP contribution < -0.4 is 39.7 Å². The number of rotatable bonds is 3. The smallest absolute Gasteiger partial charge is 1.00 e. The first-order valence-corrected chi connectivity index (χ1v) is 6.85. The molecule has 0 bridgehead atoms. The van der Waals surface area contributed by atoms with E-state index in [1.54, 1.807) is 6.92 Å². The first kappa shape index (κ1) is 20.7. The second-order valence-corrected chi connectivity index (χ2v) is 5.11. The van der Waals surface area contributed by atoms with Gasteiger partial charge in [0.25, 0.3) is 0 Å². The molecule has 124 valence electrons. The Balaban J connectivity index is 0.00000144. The van der Waals surface area contributed by atoms with Gasteiger partial charge in [0.15, 0.2) is 17.5 Å². The molecule has 0 unspecified atom stereocenters. The van der Waals surface area contributed by atoms with Crippen molar-refractivity contribution in [3.63, 3.8) is 0 Å². The molecular formula is C15H12F4NNaO3. The number of fused-ring (bicyclic) bond motifs is 1. The molecule has 9 heteroatoms. The minimum Gasteiger partial charge on any atom is -1.00 e. The number of ether oxygens (including phenoxy) is 1. The summed E-state index contributed by atoms with van der Waals surface area (Å²) >= 11 is 0. The van der Waals surface area contributed by atoms with Crippen molar-refractivity contribution in [2.45, 2.75) is 25.8 Å². The maximum absolute atomic E-state index is 14.1. The molecule has 1 fully saturated rings. The summed E-state index contributed by atoms with van der Waals surface area (Å²) in [5.74, 6) is -5.39. The van der Waals surface area contributed by atoms with Gasteiger partial charge in [0.05, 0.1) is 17.5 Å². The summed E-state index contributed by atoms with van der Waals surface area (Å²) in [6.45, 7) is 1.64. The van der Waals surface area contributed by atoms with Crippen LogP contribution in [0.2, 0.25) is 0 Å². The summed E-state index contributed by atoms with van der Waals surface area (Å²) in [7, 11) is 0. The van der Waals surface area contributed by atoms with Crippen LogP contribution in [-0.4, -0.2) is 17.1 Å². The molecule has 0 atom stereocenters. The second-order valence-electron chi connectivity index (χ2n) is 5.11. The van der Waals surface area contributed by atoms with Gasteiger partial charge < -0.3 is 14.0 Å². The predicted molar refractivity (Wildman–Crippen MR) is 72.3 cm³/mol. The van der Waals surface area contributed by atoms with Gasteiger partial charge in [-0.2, -0.15) is 0 Å². The van der Waals surface area contributed by atoms with Crippen molar-refractivity contribution in [3.8, 4) is 0 Å². The summed E-state index contributed by atoms with van der Waals surface area (Å²) in [6.07, 6.45) is 2.58. The van der Waals surface area contributed by atoms with Crippen molar-refractivity contribution >= 4 is 16.9 Å². The first-order valence-electron chi connectivity index (χ1n) is 6.85. The number of aromatic nitrogens is 1. The van der Waals surface area contributed by atoms with Crippen LogP contribution in [0.15, 0.2) is 17.1 Å². The van der Waals surface area contributed by atoms with Crippen molar-refractivity contribution in [2.75, 3.05) is 6.61 Å². The molecule has 0 aliphatic heterocycles. The molecule has 0 N–H and O–H groups in total. The molecule has 3 rings (SSSR count). The fourth-order valence-electron chi connectivity index (χ4n) is 2.41. The van der Waals surface area contributed by atoms with Crippen LogP contribution in [0.25, 0.3) is 10.9 Å². The molecule has 1 saturated carbocycles. The zero-order valence-corrected chi connectivity index (χ0v) is 15.0. The Labute approximate surface area is 156 Å². The molecule has 0 radical (unpaired) electrons. The van der Waals surface area contributed by atoms with E-state index in [2.05, 4.69) is 0 Å². The Morgan fingerprint density at radius 1 is 1.29 bits per heavy atom. The summed E-state index contributed by atoms with van der Waals surface area (Å²) in [5, 5.41) is -0.367. The van der Waals surface area contributed by atoms with Gasteiger partial charge in [0, 0.05) is 12.2 Å². The summed E-state index contributed by atoms with van der Waals surface area (Å²) in [6, 6.07) is 0.480. The molecule has 0 saturated heterocycles. The van der Waals surface area contributed by atoms with Crippen LogP contribution in [0.4, 0.5) is 13.2 Å². The number of benzene rings is 1. The van der Waals surface area contributed by atoms with Gasteiger partial charge in [-0.05, 0) is 25.8 Å². The van der Waals surface area contributed by atoms with Crippen LogP contribution in [0.5, 0.6) is 0 Å². The number of hydrogen-bond acceptors (Lipinski definition) is 3. The summed E-state index contributed by atoms with van der Waals surface area (Å²) in [5.41, 5.74) is -1.51. The van der Waals surface area contributed by atoms with Gasteiger partial charge in [-0.15, -0.1) is 0 Å². The van der Waals surface area contributed by atoms with E-state index in [0.717, 1.165) is 0 Å². The van der Waals surface area contributed by atoms with E-state index in [1.807, 2.05) is 0 Å². The number of halogens is 4. The molecule has 2 aromatic rings. The molecule has 1 aromatic heterocycles. The molecule has 1 aliphatic rings. The molecule has 0 spiro atoms. The fourth-order valence-corrected chi connectivity index (χ4v) is 2.41. The summed E-state index contributed by atoms with van der Waals surface area (Å²) < 4.78 is 47.1. The Kier molecular flexibility index (Phi) is 6.60. The van der Waals surface area contributed by atoms with Crippen LogP contribution in [0.1, 0.15) is 36.2 Å². The Morgan fingerprint density at radius 2 is 1.92 bits per heavy atom. The maximum atomic E-state index is 14.1. The van der Waals surface area contributed by atoms with Crippen molar-refractivity contribution in [1.29, 1.82) is 0 Å². The number of carbonyl (C=O) groups is 1. The standard InChI is InChI=1S/C15H12F3NO3.FH.Na/c1-2-22-15(21)9-6-19(7-3-4-7)13-8(14(9)20)5-10(16)11(17)12(13)18;;/h5-7H,2-4H2,1H3;1H;/q;;+1/p-1. The normalized spacial score (nSPS) is 13.2. The van der Waals surface area contributed by atoms with E-state index < -0.39 is 28.8 Å². The number of esters is 1. The molecule has 1 aliphatic carbocycles. The van der Waals surface area contributed by atoms with Gasteiger partial charge in [0.2, 0.25) is 5.43 Å². The first-order chi connectivity index (χ1) is 10.5. The van der Waals surface area contributed by atoms with Crippen molar-refractivity contribution in [1.82, 2.24) is 4.57 Å². The quantitative estimate of drug-likeness (QED) is 0.255. The average molecular weight is 353 g/mol. The van der Waals surface area contributed by atoms with Crippen LogP contribution in [0, 0.1) is 17.5 Å². The fraction of sp³-hybridized carbons (Fsp3) is 0.333. The zero-order chi connectivity index (χ0) is 16.0. The average Bonchev–Trinajstić information content (AvgIpc) is 3.30. The monoisotopic (exact) mass is 353 g/mol. The largest absolute Gasteiger partial charge is 1.00 e. The third-order valence-electron chi connectivity index (χ3n) is 3.59. The van der Waals surface area contributed by atoms with Crippen molar-refractivity contribution < 1.29 is 57.0 Å². The van der Waals surface area contributed by atoms with E-state index in [9.17, 15) is 22.8 Å². The van der Waals surface area contributed by atoms with Crippen LogP contribution in [0.3, 0.4) is 0 Å². The number of carbonyl (C=O) groups excluding carboxylic acids is 1. The van der Waals surface area contributed by atoms with Crippen molar-refractivity contribution in [2.24, 2.45) is 0 Å². The Bertz CT molecular complexity index is 849. The second kappa shape index (κ2) is 7.67. The molecule has 0 amide bonds. The molecule has 1 heterocycles. The topological polar surface area (TPSA) is 48.3 Å². The van der Waals surface area contributed by atoms with E-state index in [1.165, 1.54) is 10.8 Å². The molecular weight excluding hydrogens is 341 g/mol. The van der Waals surface area contributed by atoms with Crippen LogP contribution >= 0.6 is 0 Å². The van der Waals surface area contributed by atoms with Gasteiger partial charge in [-0.3, -0.25) is 4.79 Å². The Hall–Kier alpha value is -1.38. The van der Waals surface area contributed by atoms with Gasteiger partial charge in [0.1, 0.15) is 5.56 Å². The predicted octanol–water partition coefficient (Wildman–Crippen LogP) is -3.06. The van der Waals surface area contributed by atoms with E-state index in [4.69, 9.17) is 4.74 Å². The van der Waals surface area contributed by atoms with Gasteiger partial charge >= 0.3 is 35.5 Å². The Morgan fingerprint density at radius 3 is 2.46 bits per heavy atom. The van der Waals surface area contributed by atoms with E-state index in [-0.39, 0.29) is 63.4 Å². The maximum Gasteiger partial charge on any atom is 1.00 e. The van der Waals surface area contributed by atoms with Gasteiger partial charge in [-0.1, -0.05) is 0 Å². The summed E-state index contributed by atoms with van der Waals surface area (Å²) in [4.78, 5) is 24.1. The number of nitrogens with zero attached hydrogens (tertiary/aromatic N) is 1. The number of hydrogen-bond donors (Lipinski definition) is 0. The zero-order valence-electron chi connectivity index (χ0n) is 13.0. The number of pyridine rings is 1. The minimum atomic E-state index is -1.63. The van der Waals surface area contributed by atoms with Crippen molar-refractivity contribution in [3.05, 3.63) is 45.5 Å². The molecule has 1 aromatic carbocycles. The third kappa shape index (κ3) is 3.36. The third-order valence-corrected chi connectivity index (χ3v) is 3.59.